The molecule has 0 fully saturated rings. The van der Waals surface area contributed by atoms with Gasteiger partial charge in [-0.3, -0.25) is 14.4 Å². The second-order valence-corrected chi connectivity index (χ2v) is 21.6. The SMILES string of the molecule is CC/C=C\C/C=C\C/C=C\C/C=C\C/C=C\CCCCCCCC(=O)OC(COC(=O)CCCCCCC/C=C\CCCCCC)COC(=O)CCCCCCCCCCCCCCC/C=C\C/C=C\CCCCCCC. The van der Waals surface area contributed by atoms with Crippen LogP contribution in [0.15, 0.2) is 97.2 Å². The zero-order chi connectivity index (χ0) is 55.7. The summed E-state index contributed by atoms with van der Waals surface area (Å²) in [5, 5.41) is 0. The highest BCUT2D eigenvalue weighted by molar-refractivity contribution is 5.71. The Balaban J connectivity index is 4.34. The molecule has 0 spiro atoms. The number of hydrogen-bond acceptors (Lipinski definition) is 6. The van der Waals surface area contributed by atoms with Crippen LogP contribution in [0.25, 0.3) is 0 Å². The summed E-state index contributed by atoms with van der Waals surface area (Å²) in [4.78, 5) is 38.3. The third-order valence-corrected chi connectivity index (χ3v) is 14.0. The lowest BCUT2D eigenvalue weighted by Gasteiger charge is -2.18. The average molecular weight is 1070 g/mol. The van der Waals surface area contributed by atoms with E-state index in [2.05, 4.69) is 118 Å². The van der Waals surface area contributed by atoms with E-state index in [4.69, 9.17) is 14.2 Å². The molecule has 0 aromatic heterocycles. The fourth-order valence-corrected chi connectivity index (χ4v) is 9.14. The Kier molecular flexibility index (Phi) is 61.8. The average Bonchev–Trinajstić information content (AvgIpc) is 3.43. The molecule has 0 radical (unpaired) electrons. The first-order chi connectivity index (χ1) is 38.0. The largest absolute Gasteiger partial charge is 0.462 e. The van der Waals surface area contributed by atoms with Gasteiger partial charge in [0.2, 0.25) is 0 Å². The molecular weight excluding hydrogens is 949 g/mol. The van der Waals surface area contributed by atoms with Gasteiger partial charge in [0.15, 0.2) is 6.10 Å². The van der Waals surface area contributed by atoms with Crippen molar-refractivity contribution in [2.24, 2.45) is 0 Å². The molecule has 0 aromatic carbocycles. The maximum absolute atomic E-state index is 12.9. The molecule has 6 heteroatoms. The van der Waals surface area contributed by atoms with Crippen LogP contribution in [-0.4, -0.2) is 37.2 Å². The molecular formula is C71H122O6. The molecule has 0 aromatic rings. The molecule has 77 heavy (non-hydrogen) atoms. The molecule has 0 amide bonds. The van der Waals surface area contributed by atoms with E-state index in [-0.39, 0.29) is 31.1 Å². The maximum atomic E-state index is 12.9. The molecule has 1 unspecified atom stereocenters. The second-order valence-electron chi connectivity index (χ2n) is 21.6. The van der Waals surface area contributed by atoms with E-state index in [1.807, 2.05) is 0 Å². The molecule has 0 saturated heterocycles. The standard InChI is InChI=1S/C71H122O6/c1-4-7-10-13-16-19-22-25-27-29-31-33-34-35-36-38-39-41-43-46-49-52-55-58-61-64-70(73)76-67-68(66-75-69(72)63-60-57-54-51-48-45-24-21-18-15-12-9-6-3)77-71(74)65-62-59-56-53-50-47-44-42-40-37-32-30-28-26-23-20-17-14-11-8-5-2/h8,11,17,20-22,24-26,28-29,31-32,37,42,44,68H,4-7,9-10,12-16,18-19,23,27,30,33-36,38-41,43,45-67H2,1-3H3/b11-8-,20-17-,24-21-,25-22-,28-26-,31-29-,37-32-,44-42-. The number of hydrogen-bond donors (Lipinski definition) is 0. The van der Waals surface area contributed by atoms with Crippen molar-refractivity contribution in [1.29, 1.82) is 0 Å². The van der Waals surface area contributed by atoms with Crippen molar-refractivity contribution in [2.75, 3.05) is 13.2 Å². The molecule has 0 N–H and O–H groups in total. The van der Waals surface area contributed by atoms with Crippen LogP contribution in [0.4, 0.5) is 0 Å². The molecule has 0 saturated carbocycles. The molecule has 0 aliphatic carbocycles. The molecule has 6 nitrogen and oxygen atoms in total. The fraction of sp³-hybridized carbons (Fsp3) is 0.732. The van der Waals surface area contributed by atoms with E-state index in [0.717, 1.165) is 122 Å². The van der Waals surface area contributed by atoms with Crippen LogP contribution >= 0.6 is 0 Å². The predicted octanol–water partition coefficient (Wildman–Crippen LogP) is 22.4. The lowest BCUT2D eigenvalue weighted by atomic mass is 10.0. The smallest absolute Gasteiger partial charge is 0.306 e. The van der Waals surface area contributed by atoms with Crippen LogP contribution in [0, 0.1) is 0 Å². The van der Waals surface area contributed by atoms with Crippen molar-refractivity contribution in [3.63, 3.8) is 0 Å². The van der Waals surface area contributed by atoms with E-state index < -0.39 is 6.10 Å². The molecule has 0 aliphatic heterocycles. The fourth-order valence-electron chi connectivity index (χ4n) is 9.14. The third-order valence-electron chi connectivity index (χ3n) is 14.0. The van der Waals surface area contributed by atoms with Gasteiger partial charge in [-0.25, -0.2) is 0 Å². The van der Waals surface area contributed by atoms with Crippen molar-refractivity contribution in [2.45, 2.75) is 322 Å². The van der Waals surface area contributed by atoms with Gasteiger partial charge in [-0.05, 0) is 122 Å². The highest BCUT2D eigenvalue weighted by atomic mass is 16.6. The first-order valence-corrected chi connectivity index (χ1v) is 32.7. The summed E-state index contributed by atoms with van der Waals surface area (Å²) in [5.74, 6) is -0.907. The lowest BCUT2D eigenvalue weighted by Crippen LogP contribution is -2.30. The van der Waals surface area contributed by atoms with Gasteiger partial charge in [0.25, 0.3) is 0 Å². The van der Waals surface area contributed by atoms with Gasteiger partial charge in [-0.2, -0.15) is 0 Å². The molecule has 442 valence electrons. The Hall–Kier alpha value is -3.67. The van der Waals surface area contributed by atoms with Gasteiger partial charge in [-0.1, -0.05) is 272 Å². The van der Waals surface area contributed by atoms with Crippen LogP contribution in [-0.2, 0) is 28.6 Å². The summed E-state index contributed by atoms with van der Waals surface area (Å²) < 4.78 is 16.9. The minimum absolute atomic E-state index is 0.0877. The number of allylic oxidation sites excluding steroid dienone is 16. The van der Waals surface area contributed by atoms with Crippen LogP contribution < -0.4 is 0 Å². The molecule has 0 rings (SSSR count). The number of rotatable bonds is 59. The zero-order valence-corrected chi connectivity index (χ0v) is 50.7. The van der Waals surface area contributed by atoms with Crippen molar-refractivity contribution >= 4 is 17.9 Å². The van der Waals surface area contributed by atoms with Crippen LogP contribution in [0.5, 0.6) is 0 Å². The summed E-state index contributed by atoms with van der Waals surface area (Å²) in [6.07, 6.45) is 87.0. The summed E-state index contributed by atoms with van der Waals surface area (Å²) in [5.41, 5.74) is 0. The summed E-state index contributed by atoms with van der Waals surface area (Å²) in [6, 6.07) is 0. The normalized spacial score (nSPS) is 12.7. The van der Waals surface area contributed by atoms with Gasteiger partial charge < -0.3 is 14.2 Å². The summed E-state index contributed by atoms with van der Waals surface area (Å²) in [7, 11) is 0. The molecule has 0 bridgehead atoms. The van der Waals surface area contributed by atoms with Gasteiger partial charge in [-0.15, -0.1) is 0 Å². The van der Waals surface area contributed by atoms with E-state index in [1.165, 1.54) is 154 Å². The minimum Gasteiger partial charge on any atom is -0.462 e. The lowest BCUT2D eigenvalue weighted by molar-refractivity contribution is -0.167. The maximum Gasteiger partial charge on any atom is 0.306 e. The Morgan fingerprint density at radius 2 is 0.506 bits per heavy atom. The van der Waals surface area contributed by atoms with Gasteiger partial charge >= 0.3 is 17.9 Å². The highest BCUT2D eigenvalue weighted by Gasteiger charge is 2.19. The molecule has 0 aliphatic rings. The second kappa shape index (κ2) is 64.9. The minimum atomic E-state index is -0.793. The van der Waals surface area contributed by atoms with Crippen molar-refractivity contribution < 1.29 is 28.6 Å². The van der Waals surface area contributed by atoms with E-state index >= 15 is 0 Å². The Morgan fingerprint density at radius 3 is 0.818 bits per heavy atom. The van der Waals surface area contributed by atoms with Crippen molar-refractivity contribution in [3.05, 3.63) is 97.2 Å². The monoisotopic (exact) mass is 1070 g/mol. The first-order valence-electron chi connectivity index (χ1n) is 32.7. The van der Waals surface area contributed by atoms with Crippen LogP contribution in [0.1, 0.15) is 316 Å². The number of ether oxygens (including phenoxy) is 3. The zero-order valence-electron chi connectivity index (χ0n) is 50.7. The number of esters is 3. The van der Waals surface area contributed by atoms with E-state index in [0.29, 0.717) is 19.3 Å². The number of carbonyl (C=O) groups is 3. The van der Waals surface area contributed by atoms with Gasteiger partial charge in [0.05, 0.1) is 0 Å². The Bertz CT molecular complexity index is 1510. The Labute approximate surface area is 477 Å². The van der Waals surface area contributed by atoms with E-state index in [1.54, 1.807) is 0 Å². The summed E-state index contributed by atoms with van der Waals surface area (Å²) >= 11 is 0. The number of unbranched alkanes of at least 4 members (excludes halogenated alkanes) is 32. The third kappa shape index (κ3) is 63.0. The number of carbonyl (C=O) groups excluding carboxylic acids is 3. The van der Waals surface area contributed by atoms with E-state index in [9.17, 15) is 14.4 Å². The molecule has 0 heterocycles. The highest BCUT2D eigenvalue weighted by Crippen LogP contribution is 2.16. The topological polar surface area (TPSA) is 78.9 Å². The van der Waals surface area contributed by atoms with Crippen molar-refractivity contribution in [1.82, 2.24) is 0 Å². The molecule has 1 atom stereocenters. The van der Waals surface area contributed by atoms with Crippen LogP contribution in [0.3, 0.4) is 0 Å². The Morgan fingerprint density at radius 1 is 0.273 bits per heavy atom. The van der Waals surface area contributed by atoms with Crippen molar-refractivity contribution in [3.8, 4) is 0 Å². The van der Waals surface area contributed by atoms with Crippen LogP contribution in [0.2, 0.25) is 0 Å². The quantitative estimate of drug-likeness (QED) is 0.0261. The first kappa shape index (κ1) is 73.3. The predicted molar refractivity (Wildman–Crippen MR) is 334 cm³/mol. The summed E-state index contributed by atoms with van der Waals surface area (Å²) in [6.45, 7) is 6.50. The van der Waals surface area contributed by atoms with Gasteiger partial charge in [0.1, 0.15) is 13.2 Å². The van der Waals surface area contributed by atoms with Gasteiger partial charge in [0, 0.05) is 19.3 Å².